The summed E-state index contributed by atoms with van der Waals surface area (Å²) in [6.45, 7) is 11.2. The number of allylic oxidation sites excluding steroid dienone is 3. The monoisotopic (exact) mass is 396 g/mol. The van der Waals surface area contributed by atoms with E-state index in [4.69, 9.17) is 0 Å². The number of unbranched alkanes of at least 4 members (excludes halogenated alkanes) is 10. The van der Waals surface area contributed by atoms with Gasteiger partial charge in [0, 0.05) is 5.92 Å². The predicted octanol–water partition coefficient (Wildman–Crippen LogP) is 9.88. The third kappa shape index (κ3) is 12.1. The van der Waals surface area contributed by atoms with E-state index in [1.165, 1.54) is 89.0 Å². The molecule has 0 aliphatic rings. The molecular weight excluding hydrogens is 348 g/mol. The molecule has 0 aromatic heterocycles. The van der Waals surface area contributed by atoms with Gasteiger partial charge in [0.1, 0.15) is 0 Å². The fourth-order valence-corrected chi connectivity index (χ4v) is 4.43. The summed E-state index contributed by atoms with van der Waals surface area (Å²) in [6, 6.07) is 10.9. The van der Waals surface area contributed by atoms with Crippen molar-refractivity contribution < 1.29 is 0 Å². The lowest BCUT2D eigenvalue weighted by atomic mass is 9.76. The van der Waals surface area contributed by atoms with Crippen LogP contribution in [0, 0.1) is 11.8 Å². The molecule has 0 radical (unpaired) electrons. The van der Waals surface area contributed by atoms with E-state index in [0.717, 1.165) is 0 Å². The molecule has 164 valence electrons. The van der Waals surface area contributed by atoms with Gasteiger partial charge in [-0.1, -0.05) is 121 Å². The Morgan fingerprint density at radius 3 is 1.86 bits per heavy atom. The van der Waals surface area contributed by atoms with Crippen molar-refractivity contribution in [1.29, 1.82) is 0 Å². The first-order valence-corrected chi connectivity index (χ1v) is 12.5. The molecular formula is C29H48. The number of rotatable bonds is 18. The van der Waals surface area contributed by atoms with Crippen LogP contribution in [0.4, 0.5) is 0 Å². The van der Waals surface area contributed by atoms with E-state index in [2.05, 4.69) is 75.9 Å². The Hall–Kier alpha value is -1.30. The summed E-state index contributed by atoms with van der Waals surface area (Å²) >= 11 is 0. The van der Waals surface area contributed by atoms with Crippen LogP contribution >= 0.6 is 0 Å². The first-order chi connectivity index (χ1) is 14.2. The largest absolute Gasteiger partial charge is 0.102 e. The summed E-state index contributed by atoms with van der Waals surface area (Å²) in [4.78, 5) is 0. The summed E-state index contributed by atoms with van der Waals surface area (Å²) in [5, 5.41) is 0. The van der Waals surface area contributed by atoms with Gasteiger partial charge in [-0.05, 0) is 49.5 Å². The van der Waals surface area contributed by atoms with Crippen LogP contribution in [0.2, 0.25) is 0 Å². The zero-order valence-corrected chi connectivity index (χ0v) is 19.8. The highest BCUT2D eigenvalue weighted by molar-refractivity contribution is 5.24. The fourth-order valence-electron chi connectivity index (χ4n) is 4.43. The molecule has 0 bridgehead atoms. The van der Waals surface area contributed by atoms with Crippen molar-refractivity contribution in [3.05, 3.63) is 60.7 Å². The average molecular weight is 397 g/mol. The van der Waals surface area contributed by atoms with Crippen LogP contribution in [0.3, 0.4) is 0 Å². The molecule has 1 rings (SSSR count). The molecule has 0 aliphatic heterocycles. The van der Waals surface area contributed by atoms with Crippen LogP contribution in [-0.2, 0) is 0 Å². The molecule has 0 heterocycles. The highest BCUT2D eigenvalue weighted by atomic mass is 14.3. The molecule has 0 N–H and O–H groups in total. The Bertz CT molecular complexity index is 510. The van der Waals surface area contributed by atoms with E-state index in [1.807, 2.05) is 0 Å². The molecule has 0 saturated heterocycles. The van der Waals surface area contributed by atoms with Crippen LogP contribution < -0.4 is 0 Å². The topological polar surface area (TPSA) is 0 Å². The lowest BCUT2D eigenvalue weighted by Gasteiger charge is -2.28. The van der Waals surface area contributed by atoms with Gasteiger partial charge in [0.05, 0.1) is 0 Å². The van der Waals surface area contributed by atoms with Crippen molar-refractivity contribution in [2.45, 2.75) is 110 Å². The molecule has 0 heteroatoms. The van der Waals surface area contributed by atoms with Gasteiger partial charge in [0.2, 0.25) is 0 Å². The zero-order chi connectivity index (χ0) is 21.2. The lowest BCUT2D eigenvalue weighted by Crippen LogP contribution is -2.17. The third-order valence-corrected chi connectivity index (χ3v) is 6.31. The SMILES string of the molecule is C=CC(c1ccccc1)C(CCCCCCC=CCCCCCCCC)C(C)C. The zero-order valence-electron chi connectivity index (χ0n) is 19.8. The van der Waals surface area contributed by atoms with Gasteiger partial charge in [0.25, 0.3) is 0 Å². The van der Waals surface area contributed by atoms with Gasteiger partial charge in [-0.3, -0.25) is 0 Å². The maximum absolute atomic E-state index is 4.15. The van der Waals surface area contributed by atoms with Crippen molar-refractivity contribution in [1.82, 2.24) is 0 Å². The van der Waals surface area contributed by atoms with E-state index in [0.29, 0.717) is 17.8 Å². The second-order valence-corrected chi connectivity index (χ2v) is 9.10. The molecule has 0 spiro atoms. The Morgan fingerprint density at radius 2 is 1.31 bits per heavy atom. The molecule has 0 saturated carbocycles. The van der Waals surface area contributed by atoms with Crippen molar-refractivity contribution in [2.75, 3.05) is 0 Å². The van der Waals surface area contributed by atoms with Gasteiger partial charge >= 0.3 is 0 Å². The van der Waals surface area contributed by atoms with Gasteiger partial charge in [-0.25, -0.2) is 0 Å². The minimum absolute atomic E-state index is 0.487. The quantitative estimate of drug-likeness (QED) is 0.171. The van der Waals surface area contributed by atoms with Crippen molar-refractivity contribution in [3.8, 4) is 0 Å². The molecule has 0 fully saturated rings. The summed E-state index contributed by atoms with van der Waals surface area (Å²) in [7, 11) is 0. The first-order valence-electron chi connectivity index (χ1n) is 12.5. The lowest BCUT2D eigenvalue weighted by molar-refractivity contribution is 0.317. The Labute approximate surface area is 182 Å². The molecule has 0 nitrogen and oxygen atoms in total. The van der Waals surface area contributed by atoms with Gasteiger partial charge in [-0.15, -0.1) is 6.58 Å². The summed E-state index contributed by atoms with van der Waals surface area (Å²) in [5.41, 5.74) is 1.43. The molecule has 29 heavy (non-hydrogen) atoms. The highest BCUT2D eigenvalue weighted by Gasteiger charge is 2.23. The summed E-state index contributed by atoms with van der Waals surface area (Å²) < 4.78 is 0. The smallest absolute Gasteiger partial charge is 0.00460 e. The number of benzene rings is 1. The van der Waals surface area contributed by atoms with E-state index < -0.39 is 0 Å². The van der Waals surface area contributed by atoms with Gasteiger partial charge in [0.15, 0.2) is 0 Å². The Morgan fingerprint density at radius 1 is 0.759 bits per heavy atom. The highest BCUT2D eigenvalue weighted by Crippen LogP contribution is 2.35. The minimum atomic E-state index is 0.487. The van der Waals surface area contributed by atoms with E-state index in [9.17, 15) is 0 Å². The molecule has 2 atom stereocenters. The maximum atomic E-state index is 4.15. The molecule has 1 aromatic carbocycles. The van der Waals surface area contributed by atoms with E-state index in [1.54, 1.807) is 0 Å². The van der Waals surface area contributed by atoms with Crippen LogP contribution in [-0.4, -0.2) is 0 Å². The first kappa shape index (κ1) is 25.7. The van der Waals surface area contributed by atoms with Gasteiger partial charge in [-0.2, -0.15) is 0 Å². The van der Waals surface area contributed by atoms with Crippen molar-refractivity contribution in [3.63, 3.8) is 0 Å². The molecule has 2 unspecified atom stereocenters. The predicted molar refractivity (Wildman–Crippen MR) is 133 cm³/mol. The van der Waals surface area contributed by atoms with E-state index in [-0.39, 0.29) is 0 Å². The van der Waals surface area contributed by atoms with Crippen LogP contribution in [0.1, 0.15) is 116 Å². The number of hydrogen-bond acceptors (Lipinski definition) is 0. The second kappa shape index (κ2) is 17.5. The van der Waals surface area contributed by atoms with Crippen LogP contribution in [0.25, 0.3) is 0 Å². The summed E-state index contributed by atoms with van der Waals surface area (Å²) in [5.74, 6) is 1.89. The van der Waals surface area contributed by atoms with Gasteiger partial charge < -0.3 is 0 Å². The van der Waals surface area contributed by atoms with Crippen molar-refractivity contribution >= 4 is 0 Å². The maximum Gasteiger partial charge on any atom is 0.00460 e. The summed E-state index contributed by atoms with van der Waals surface area (Å²) in [6.07, 6.45) is 24.7. The minimum Gasteiger partial charge on any atom is -0.102 e. The fraction of sp³-hybridized carbons (Fsp3) is 0.655. The average Bonchev–Trinajstić information content (AvgIpc) is 2.73. The molecule has 0 amide bonds. The third-order valence-electron chi connectivity index (χ3n) is 6.31. The normalized spacial score (nSPS) is 13.8. The van der Waals surface area contributed by atoms with E-state index >= 15 is 0 Å². The second-order valence-electron chi connectivity index (χ2n) is 9.10. The number of hydrogen-bond donors (Lipinski definition) is 0. The Kier molecular flexibility index (Phi) is 15.6. The standard InChI is InChI=1S/C29H48/c1-5-7-8-9-10-11-12-13-14-15-16-17-18-22-25-29(26(3)4)28(6-2)27-23-20-19-21-24-27/h6,13-14,19-21,23-24,26,28-29H,2,5,7-12,15-18,22,25H2,1,3-4H3. The Balaban J connectivity index is 2.14. The van der Waals surface area contributed by atoms with Crippen molar-refractivity contribution in [2.24, 2.45) is 11.8 Å². The molecule has 1 aromatic rings. The van der Waals surface area contributed by atoms with Crippen LogP contribution in [0.5, 0.6) is 0 Å². The van der Waals surface area contributed by atoms with Crippen LogP contribution in [0.15, 0.2) is 55.1 Å². The molecule has 0 aliphatic carbocycles.